The molecule has 2 saturated heterocycles. The van der Waals surface area contributed by atoms with Crippen LogP contribution in [0.3, 0.4) is 0 Å². The molecule has 35 heavy (non-hydrogen) atoms. The molecule has 1 unspecified atom stereocenters. The van der Waals surface area contributed by atoms with Crippen molar-refractivity contribution in [3.63, 3.8) is 0 Å². The van der Waals surface area contributed by atoms with Gasteiger partial charge >= 0.3 is 0 Å². The summed E-state index contributed by atoms with van der Waals surface area (Å²) >= 11 is 1.07. The number of benzene rings is 1. The van der Waals surface area contributed by atoms with Gasteiger partial charge in [0.25, 0.3) is 5.91 Å². The molecule has 3 atom stereocenters. The molecule has 2 aromatic heterocycles. The molecule has 9 nitrogen and oxygen atoms in total. The maximum absolute atomic E-state index is 14.1. The van der Waals surface area contributed by atoms with Gasteiger partial charge in [-0.15, -0.1) is 10.2 Å². The summed E-state index contributed by atoms with van der Waals surface area (Å²) in [5, 5.41) is 21.6. The van der Waals surface area contributed by atoms with Crippen LogP contribution < -0.4 is 10.4 Å². The van der Waals surface area contributed by atoms with E-state index in [1.165, 1.54) is 12.3 Å². The Labute approximate surface area is 202 Å². The van der Waals surface area contributed by atoms with Crippen LogP contribution in [0.2, 0.25) is 0 Å². The van der Waals surface area contributed by atoms with Crippen LogP contribution in [0, 0.1) is 11.6 Å². The lowest BCUT2D eigenvalue weighted by atomic mass is 10.1. The quantitative estimate of drug-likeness (QED) is 0.585. The number of hydrogen-bond acceptors (Lipinski definition) is 8. The van der Waals surface area contributed by atoms with E-state index in [2.05, 4.69) is 10.2 Å². The lowest BCUT2D eigenvalue weighted by Gasteiger charge is -2.51. The molecule has 1 N–H and O–H groups in total. The first-order valence-corrected chi connectivity index (χ1v) is 12.2. The summed E-state index contributed by atoms with van der Waals surface area (Å²) < 4.78 is 34.9. The molecular formula is C23H21F2N5O4S. The number of rotatable bonds is 4. The first-order valence-electron chi connectivity index (χ1n) is 11.3. The molecule has 2 fully saturated rings. The number of nitrogens with zero attached hydrogens (tertiary/aromatic N) is 5. The predicted molar refractivity (Wildman–Crippen MR) is 122 cm³/mol. The topological polar surface area (TPSA) is 101 Å². The smallest absolute Gasteiger partial charge is 0.278 e. The third-order valence-corrected chi connectivity index (χ3v) is 7.74. The van der Waals surface area contributed by atoms with Crippen LogP contribution in [0.25, 0.3) is 10.6 Å². The number of aromatic nitrogens is 3. The van der Waals surface area contributed by atoms with Crippen molar-refractivity contribution in [3.8, 4) is 16.3 Å². The molecular weight excluding hydrogens is 480 g/mol. The van der Waals surface area contributed by atoms with Crippen LogP contribution in [-0.2, 0) is 11.2 Å². The van der Waals surface area contributed by atoms with Crippen molar-refractivity contribution in [1.82, 2.24) is 19.8 Å². The number of fused-ring (bicyclic) bond motifs is 6. The second kappa shape index (κ2) is 8.09. The molecule has 1 amide bonds. The Morgan fingerprint density at radius 1 is 1.23 bits per heavy atom. The normalized spacial score (nSPS) is 22.9. The van der Waals surface area contributed by atoms with Crippen LogP contribution in [0.1, 0.15) is 40.8 Å². The van der Waals surface area contributed by atoms with Crippen molar-refractivity contribution in [2.45, 2.75) is 44.6 Å². The fourth-order valence-electron chi connectivity index (χ4n) is 5.16. The van der Waals surface area contributed by atoms with Crippen molar-refractivity contribution >= 4 is 17.2 Å². The molecule has 12 heteroatoms. The minimum absolute atomic E-state index is 0.000216. The van der Waals surface area contributed by atoms with Crippen LogP contribution in [-0.4, -0.2) is 62.3 Å². The van der Waals surface area contributed by atoms with E-state index >= 15 is 0 Å². The molecule has 6 rings (SSSR count). The van der Waals surface area contributed by atoms with Crippen molar-refractivity contribution in [2.75, 3.05) is 18.1 Å². The molecule has 3 aromatic rings. The summed E-state index contributed by atoms with van der Waals surface area (Å²) in [6, 6.07) is 3.30. The summed E-state index contributed by atoms with van der Waals surface area (Å²) in [5.41, 5.74) is -0.483. The van der Waals surface area contributed by atoms with Crippen LogP contribution in [0.15, 0.2) is 29.2 Å². The first kappa shape index (κ1) is 22.1. The Kier molecular flexibility index (Phi) is 5.11. The molecule has 0 radical (unpaired) electrons. The zero-order valence-electron chi connectivity index (χ0n) is 18.6. The maximum atomic E-state index is 14.1. The first-order chi connectivity index (χ1) is 16.9. The van der Waals surface area contributed by atoms with Crippen molar-refractivity contribution in [1.29, 1.82) is 0 Å². The second-order valence-corrected chi connectivity index (χ2v) is 9.89. The number of likely N-dealkylation sites (N-methyl/N-ethyl adjacent to an activating group) is 1. The second-order valence-electron chi connectivity index (χ2n) is 8.83. The summed E-state index contributed by atoms with van der Waals surface area (Å²) in [6.45, 7) is 2.76. The molecule has 2 bridgehead atoms. The summed E-state index contributed by atoms with van der Waals surface area (Å²) in [4.78, 5) is 28.0. The molecule has 3 aliphatic rings. The van der Waals surface area contributed by atoms with E-state index in [1.54, 1.807) is 9.58 Å². The fourth-order valence-corrected chi connectivity index (χ4v) is 6.03. The van der Waals surface area contributed by atoms with Crippen LogP contribution in [0.4, 0.5) is 8.78 Å². The molecule has 1 aromatic carbocycles. The Morgan fingerprint density at radius 3 is 2.83 bits per heavy atom. The van der Waals surface area contributed by atoms with Crippen molar-refractivity contribution in [3.05, 3.63) is 62.5 Å². The number of carbonyl (C=O) groups is 1. The SMILES string of the molecule is CCN1C(=O)c2c(O)c(=O)c(-c3nnc(Cc4ccc(F)cc4F)s3)cn2N2C[C@H]3CC[C@H](O3)C12. The van der Waals surface area contributed by atoms with Crippen LogP contribution in [0.5, 0.6) is 5.75 Å². The minimum Gasteiger partial charge on any atom is -0.502 e. The zero-order valence-corrected chi connectivity index (χ0v) is 19.5. The lowest BCUT2D eigenvalue weighted by Crippen LogP contribution is -2.68. The summed E-state index contributed by atoms with van der Waals surface area (Å²) in [5.74, 6) is -2.45. The summed E-state index contributed by atoms with van der Waals surface area (Å²) in [7, 11) is 0. The van der Waals surface area contributed by atoms with Gasteiger partial charge in [0.1, 0.15) is 22.8 Å². The molecule has 3 aliphatic heterocycles. The molecule has 0 saturated carbocycles. The number of morpholine rings is 1. The number of ether oxygens (including phenoxy) is 1. The van der Waals surface area contributed by atoms with Gasteiger partial charge < -0.3 is 14.7 Å². The van der Waals surface area contributed by atoms with Gasteiger partial charge in [0.15, 0.2) is 16.5 Å². The minimum atomic E-state index is -0.731. The van der Waals surface area contributed by atoms with E-state index in [9.17, 15) is 23.5 Å². The average Bonchev–Trinajstić information content (AvgIpc) is 3.45. The predicted octanol–water partition coefficient (Wildman–Crippen LogP) is 2.24. The van der Waals surface area contributed by atoms with Gasteiger partial charge in [0.2, 0.25) is 5.43 Å². The van der Waals surface area contributed by atoms with Crippen molar-refractivity contribution < 1.29 is 23.4 Å². The highest BCUT2D eigenvalue weighted by atomic mass is 32.1. The molecule has 182 valence electrons. The number of amides is 1. The van der Waals surface area contributed by atoms with Crippen molar-refractivity contribution in [2.24, 2.45) is 0 Å². The van der Waals surface area contributed by atoms with E-state index in [1.807, 2.05) is 11.9 Å². The van der Waals surface area contributed by atoms with Gasteiger partial charge in [0, 0.05) is 25.2 Å². The van der Waals surface area contributed by atoms with Gasteiger partial charge in [0.05, 0.1) is 24.3 Å². The number of pyridine rings is 1. The monoisotopic (exact) mass is 501 g/mol. The van der Waals surface area contributed by atoms with Crippen LogP contribution >= 0.6 is 11.3 Å². The van der Waals surface area contributed by atoms with E-state index < -0.39 is 28.7 Å². The Morgan fingerprint density at radius 2 is 2.06 bits per heavy atom. The maximum Gasteiger partial charge on any atom is 0.278 e. The Bertz CT molecular complexity index is 1410. The molecule has 0 spiro atoms. The van der Waals surface area contributed by atoms with E-state index in [-0.39, 0.29) is 46.6 Å². The largest absolute Gasteiger partial charge is 0.502 e. The standard InChI is InChI=1S/C23H21F2N5O4S/c1-2-28-22-16-6-5-13(34-16)9-30(22)29-10-14(19(31)20(32)18(29)23(28)33)21-27-26-17(35-21)7-11-3-4-12(24)8-15(11)25/h3-4,8,10,13,16,22,32H,2,5-7,9H2,1H3/t13-,16+,22?/m1/s1. The van der Waals surface area contributed by atoms with Gasteiger partial charge in [-0.05, 0) is 31.4 Å². The molecule has 5 heterocycles. The van der Waals surface area contributed by atoms with Gasteiger partial charge in [-0.25, -0.2) is 8.78 Å². The number of hydrogen-bond donors (Lipinski definition) is 1. The number of carbonyl (C=O) groups excluding carboxylic acids is 1. The Hall–Kier alpha value is -3.38. The van der Waals surface area contributed by atoms with E-state index in [0.29, 0.717) is 18.1 Å². The molecule has 0 aliphatic carbocycles. The number of aromatic hydroxyl groups is 1. The zero-order chi connectivity index (χ0) is 24.4. The lowest BCUT2D eigenvalue weighted by molar-refractivity contribution is -0.0523. The summed E-state index contributed by atoms with van der Waals surface area (Å²) in [6.07, 6.45) is 2.78. The number of halogens is 2. The highest BCUT2D eigenvalue weighted by Crippen LogP contribution is 2.37. The fraction of sp³-hybridized carbons (Fsp3) is 0.391. The van der Waals surface area contributed by atoms with E-state index in [0.717, 1.165) is 36.3 Å². The van der Waals surface area contributed by atoms with Gasteiger partial charge in [-0.1, -0.05) is 17.4 Å². The third kappa shape index (κ3) is 3.42. The average molecular weight is 502 g/mol. The highest BCUT2D eigenvalue weighted by molar-refractivity contribution is 7.14. The van der Waals surface area contributed by atoms with E-state index in [4.69, 9.17) is 4.74 Å². The van der Waals surface area contributed by atoms with Gasteiger partial charge in [-0.2, -0.15) is 0 Å². The third-order valence-electron chi connectivity index (χ3n) is 6.79. The van der Waals surface area contributed by atoms with Gasteiger partial charge in [-0.3, -0.25) is 19.3 Å². The Balaban J connectivity index is 1.41. The highest BCUT2D eigenvalue weighted by Gasteiger charge is 2.50.